The zero-order valence-electron chi connectivity index (χ0n) is 13.7. The molecule has 0 fully saturated rings. The first kappa shape index (κ1) is 17.7. The van der Waals surface area contributed by atoms with E-state index >= 15 is 0 Å². The van der Waals surface area contributed by atoms with E-state index in [1.165, 1.54) is 0 Å². The van der Waals surface area contributed by atoms with Gasteiger partial charge in [-0.05, 0) is 66.8 Å². The number of nitrogens with zero attached hydrogens (tertiary/aromatic N) is 2. The Kier molecular flexibility index (Phi) is 4.86. The number of nitrogens with one attached hydrogen (secondary N) is 2. The van der Waals surface area contributed by atoms with Gasteiger partial charge in [0, 0.05) is 62.1 Å². The molecule has 5 rings (SSSR count). The third-order valence-electron chi connectivity index (χ3n) is 4.27. The van der Waals surface area contributed by atoms with E-state index in [1.54, 1.807) is 0 Å². The molecule has 1 unspecified atom stereocenters. The van der Waals surface area contributed by atoms with Crippen LogP contribution in [0.2, 0.25) is 0 Å². The van der Waals surface area contributed by atoms with Gasteiger partial charge in [-0.15, -0.1) is 0 Å². The molecule has 0 radical (unpaired) electrons. The standard InChI is InChI=1S/C20H14N4S.Nd/c25-20-11-18-9-16-4-3-14(22-16)7-12-1-2-13(21-12)8-15-5-6-17(23-15)10-19(20)24-18;/h1-11,19,22,24H;. The summed E-state index contributed by atoms with van der Waals surface area (Å²) in [5.41, 5.74) is 4.63. The van der Waals surface area contributed by atoms with Crippen molar-refractivity contribution in [2.45, 2.75) is 6.04 Å². The van der Waals surface area contributed by atoms with Gasteiger partial charge in [0.25, 0.3) is 0 Å². The van der Waals surface area contributed by atoms with E-state index in [-0.39, 0.29) is 46.9 Å². The number of aromatic nitrogens is 1. The predicted molar refractivity (Wildman–Crippen MR) is 106 cm³/mol. The maximum Gasteiger partial charge on any atom is 0.0823 e. The predicted octanol–water partition coefficient (Wildman–Crippen LogP) is 1.60. The Hall–Kier alpha value is -1.70. The molecule has 0 aromatic carbocycles. The molecule has 2 N–H and O–H groups in total. The number of fused-ring (bicyclic) bond motifs is 6. The molecular formula is C20H14N4NdS. The molecule has 1 aromatic heterocycles. The zero-order chi connectivity index (χ0) is 16.8. The summed E-state index contributed by atoms with van der Waals surface area (Å²) in [5, 5.41) is 5.47. The van der Waals surface area contributed by atoms with Gasteiger partial charge in [0.15, 0.2) is 0 Å². The van der Waals surface area contributed by atoms with Gasteiger partial charge in [0.05, 0.1) is 28.9 Å². The van der Waals surface area contributed by atoms with Crippen LogP contribution in [0.1, 0.15) is 0 Å². The Morgan fingerprint density at radius 2 is 1.50 bits per heavy atom. The molecule has 8 bridgehead atoms. The number of hydrogen-bond donors (Lipinski definition) is 2. The smallest absolute Gasteiger partial charge is 0.0823 e. The van der Waals surface area contributed by atoms with Crippen LogP contribution in [0.3, 0.4) is 0 Å². The van der Waals surface area contributed by atoms with Crippen molar-refractivity contribution in [3.63, 3.8) is 0 Å². The molecule has 124 valence electrons. The SMILES string of the molecule is S=C1C=C2C=c3ccc([nH]3)=CC3=NC(=CC4=NC(=CC1N2)C=C4)C=C3.[Nd]. The Bertz CT molecular complexity index is 1140. The zero-order valence-corrected chi connectivity index (χ0v) is 17.8. The number of thiocarbonyl (C=S) groups is 1. The molecule has 6 heteroatoms. The van der Waals surface area contributed by atoms with E-state index in [4.69, 9.17) is 12.2 Å². The van der Waals surface area contributed by atoms with Crippen LogP contribution in [0, 0.1) is 40.8 Å². The number of hydrogen-bond acceptors (Lipinski definition) is 4. The second-order valence-corrected chi connectivity index (χ2v) is 6.65. The number of rotatable bonds is 0. The Labute approximate surface area is 188 Å². The van der Waals surface area contributed by atoms with Crippen molar-refractivity contribution in [3.8, 4) is 0 Å². The molecule has 4 nitrogen and oxygen atoms in total. The van der Waals surface area contributed by atoms with E-state index in [2.05, 4.69) is 32.4 Å². The van der Waals surface area contributed by atoms with Crippen molar-refractivity contribution in [1.29, 1.82) is 0 Å². The molecular weight excluding hydrogens is 473 g/mol. The van der Waals surface area contributed by atoms with Crippen molar-refractivity contribution in [1.82, 2.24) is 10.3 Å². The summed E-state index contributed by atoms with van der Waals surface area (Å²) in [7, 11) is 0. The molecule has 0 saturated carbocycles. The van der Waals surface area contributed by atoms with E-state index in [0.717, 1.165) is 44.1 Å². The summed E-state index contributed by atoms with van der Waals surface area (Å²) >= 11 is 5.50. The first-order valence-corrected chi connectivity index (χ1v) is 8.50. The molecule has 5 heterocycles. The van der Waals surface area contributed by atoms with Crippen LogP contribution in [-0.2, 0) is 0 Å². The van der Waals surface area contributed by atoms with Crippen LogP contribution in [-0.4, -0.2) is 27.3 Å². The maximum absolute atomic E-state index is 5.50. The summed E-state index contributed by atoms with van der Waals surface area (Å²) in [6.45, 7) is 0. The van der Waals surface area contributed by atoms with Gasteiger partial charge in [-0.3, -0.25) is 0 Å². The van der Waals surface area contributed by atoms with Gasteiger partial charge in [-0.2, -0.15) is 0 Å². The van der Waals surface area contributed by atoms with Gasteiger partial charge in [0.1, 0.15) is 0 Å². The largest absolute Gasteiger partial charge is 0.374 e. The van der Waals surface area contributed by atoms with Crippen LogP contribution in [0.5, 0.6) is 0 Å². The fourth-order valence-electron chi connectivity index (χ4n) is 3.11. The van der Waals surface area contributed by atoms with Gasteiger partial charge < -0.3 is 10.3 Å². The molecule has 0 spiro atoms. The fourth-order valence-corrected chi connectivity index (χ4v) is 3.37. The minimum absolute atomic E-state index is 0. The van der Waals surface area contributed by atoms with Crippen molar-refractivity contribution in [2.24, 2.45) is 9.98 Å². The van der Waals surface area contributed by atoms with Crippen LogP contribution in [0.25, 0.3) is 12.2 Å². The first-order valence-electron chi connectivity index (χ1n) is 8.09. The van der Waals surface area contributed by atoms with Crippen molar-refractivity contribution < 1.29 is 40.8 Å². The number of aromatic amines is 1. The first-order chi connectivity index (χ1) is 12.2. The molecule has 1 atom stereocenters. The number of allylic oxidation sites excluding steroid dienone is 6. The van der Waals surface area contributed by atoms with Gasteiger partial charge in [0.2, 0.25) is 0 Å². The van der Waals surface area contributed by atoms with Gasteiger partial charge >= 0.3 is 0 Å². The Balaban J connectivity index is 0.00000168. The monoisotopic (exact) mass is 484 g/mol. The molecule has 0 aliphatic carbocycles. The Morgan fingerprint density at radius 1 is 0.808 bits per heavy atom. The van der Waals surface area contributed by atoms with E-state index < -0.39 is 0 Å². The average Bonchev–Trinajstić information content (AvgIpc) is 3.33. The third kappa shape index (κ3) is 3.56. The second-order valence-electron chi connectivity index (χ2n) is 6.18. The van der Waals surface area contributed by atoms with Crippen LogP contribution in [0.15, 0.2) is 81.7 Å². The van der Waals surface area contributed by atoms with Gasteiger partial charge in [-0.1, -0.05) is 12.2 Å². The molecule has 0 saturated heterocycles. The maximum atomic E-state index is 5.50. The summed E-state index contributed by atoms with van der Waals surface area (Å²) in [5.74, 6) is 0. The fraction of sp³-hybridized carbons (Fsp3) is 0.0500. The number of H-pyrrole nitrogens is 1. The normalized spacial score (nSPS) is 22.2. The summed E-state index contributed by atoms with van der Waals surface area (Å²) in [6.07, 6.45) is 18.1. The van der Waals surface area contributed by atoms with Crippen molar-refractivity contribution in [3.05, 3.63) is 82.5 Å². The van der Waals surface area contributed by atoms with E-state index in [9.17, 15) is 0 Å². The Morgan fingerprint density at radius 3 is 2.35 bits per heavy atom. The van der Waals surface area contributed by atoms with Gasteiger partial charge in [-0.25, -0.2) is 9.98 Å². The number of aliphatic imine (C=N–C) groups is 2. The molecule has 26 heavy (non-hydrogen) atoms. The third-order valence-corrected chi connectivity index (χ3v) is 4.64. The summed E-state index contributed by atoms with van der Waals surface area (Å²) < 4.78 is 0. The minimum atomic E-state index is -0.0125. The molecule has 1 aromatic rings. The van der Waals surface area contributed by atoms with Crippen molar-refractivity contribution in [2.75, 3.05) is 0 Å². The topological polar surface area (TPSA) is 52.5 Å². The minimum Gasteiger partial charge on any atom is -0.374 e. The van der Waals surface area contributed by atoms with Crippen LogP contribution >= 0.6 is 12.2 Å². The summed E-state index contributed by atoms with van der Waals surface area (Å²) in [6, 6.07) is 4.08. The van der Waals surface area contributed by atoms with E-state index in [0.29, 0.717) is 0 Å². The van der Waals surface area contributed by atoms with Crippen LogP contribution < -0.4 is 16.0 Å². The quantitative estimate of drug-likeness (QED) is 0.548. The second kappa shape index (κ2) is 7.13. The summed E-state index contributed by atoms with van der Waals surface area (Å²) in [4.78, 5) is 13.5. The van der Waals surface area contributed by atoms with E-state index in [1.807, 2.05) is 54.7 Å². The van der Waals surface area contributed by atoms with Crippen molar-refractivity contribution >= 4 is 40.7 Å². The van der Waals surface area contributed by atoms with Crippen LogP contribution in [0.4, 0.5) is 0 Å². The molecule has 4 aliphatic heterocycles. The molecule has 0 amide bonds. The average molecular weight is 487 g/mol. The molecule has 4 aliphatic rings.